The van der Waals surface area contributed by atoms with E-state index in [-0.39, 0.29) is 16.2 Å². The van der Waals surface area contributed by atoms with Gasteiger partial charge in [-0.15, -0.1) is 0 Å². The van der Waals surface area contributed by atoms with Crippen molar-refractivity contribution >= 4 is 18.4 Å². The molecule has 1 fully saturated rings. The van der Waals surface area contributed by atoms with Crippen molar-refractivity contribution in [3.8, 4) is 11.6 Å². The minimum absolute atomic E-state index is 0.0663. The summed E-state index contributed by atoms with van der Waals surface area (Å²) in [5.74, 6) is -0.230. The van der Waals surface area contributed by atoms with Crippen molar-refractivity contribution in [3.05, 3.63) is 50.5 Å². The van der Waals surface area contributed by atoms with Crippen LogP contribution in [0.5, 0.6) is 5.88 Å². The predicted molar refractivity (Wildman–Crippen MR) is 93.6 cm³/mol. The largest absolute Gasteiger partial charge is 0.494 e. The lowest BCUT2D eigenvalue weighted by Crippen LogP contribution is -2.32. The van der Waals surface area contributed by atoms with Gasteiger partial charge in [0.25, 0.3) is 5.56 Å². The number of ether oxygens (including phenoxy) is 1. The number of aromatic amines is 1. The van der Waals surface area contributed by atoms with Gasteiger partial charge in [0, 0.05) is 0 Å². The number of H-pyrrole nitrogens is 1. The number of rotatable bonds is 3. The van der Waals surface area contributed by atoms with Gasteiger partial charge >= 0.3 is 0 Å². The number of nitrogens with one attached hydrogen (secondary N) is 1. The molecule has 0 spiro atoms. The van der Waals surface area contributed by atoms with Gasteiger partial charge in [-0.25, -0.2) is 0 Å². The van der Waals surface area contributed by atoms with E-state index in [1.54, 1.807) is 5.01 Å². The number of benzene rings is 1. The van der Waals surface area contributed by atoms with Gasteiger partial charge in [0.1, 0.15) is 5.56 Å². The Balaban J connectivity index is 2.04. The van der Waals surface area contributed by atoms with Crippen molar-refractivity contribution in [2.45, 2.75) is 6.92 Å². The fourth-order valence-electron chi connectivity index (χ4n) is 2.47. The molecule has 0 amide bonds. The molecule has 24 heavy (non-hydrogen) atoms. The van der Waals surface area contributed by atoms with E-state index in [1.807, 2.05) is 31.2 Å². The lowest BCUT2D eigenvalue weighted by Gasteiger charge is -2.23. The minimum atomic E-state index is -0.474. The van der Waals surface area contributed by atoms with Gasteiger partial charge in [-0.1, -0.05) is 12.1 Å². The molecular formula is C16H18N4O3S. The maximum absolute atomic E-state index is 12.2. The number of hydrogen-bond acceptors (Lipinski definition) is 6. The Hall–Kier alpha value is -2.45. The zero-order valence-corrected chi connectivity index (χ0v) is 14.0. The van der Waals surface area contributed by atoms with Crippen molar-refractivity contribution in [1.29, 1.82) is 0 Å². The van der Waals surface area contributed by atoms with Crippen LogP contribution in [0.2, 0.25) is 0 Å². The molecule has 0 atom stereocenters. The molecule has 7 nitrogen and oxygen atoms in total. The Morgan fingerprint density at radius 2 is 2.12 bits per heavy atom. The fraction of sp³-hybridized carbons (Fsp3) is 0.312. The van der Waals surface area contributed by atoms with Crippen LogP contribution in [0.4, 0.5) is 0 Å². The average Bonchev–Trinajstić information content (AvgIpc) is 2.55. The van der Waals surface area contributed by atoms with E-state index in [0.717, 1.165) is 5.56 Å². The highest BCUT2D eigenvalue weighted by Crippen LogP contribution is 2.19. The van der Waals surface area contributed by atoms with Crippen LogP contribution < -0.4 is 5.56 Å². The quantitative estimate of drug-likeness (QED) is 0.651. The van der Waals surface area contributed by atoms with E-state index in [1.165, 1.54) is 10.8 Å². The Morgan fingerprint density at radius 1 is 1.38 bits per heavy atom. The average molecular weight is 346 g/mol. The lowest BCUT2D eigenvalue weighted by molar-refractivity contribution is 0.0396. The maximum Gasteiger partial charge on any atom is 0.264 e. The van der Waals surface area contributed by atoms with Crippen LogP contribution in [0.15, 0.2) is 34.2 Å². The van der Waals surface area contributed by atoms with Crippen LogP contribution in [-0.2, 0) is 4.74 Å². The van der Waals surface area contributed by atoms with Gasteiger partial charge in [-0.2, -0.15) is 5.10 Å². The van der Waals surface area contributed by atoms with E-state index in [0.29, 0.717) is 32.0 Å². The Morgan fingerprint density at radius 3 is 2.83 bits per heavy atom. The standard InChI is InChI=1S/C16H18N4O3S/c1-11-3-2-4-12(9-11)20-15(22)13(14(21)18-16(20)24)10-17-19-5-7-23-8-6-19/h2-4,9-10,22H,5-8H2,1H3,(H,18,21,24)/b17-10+. The molecule has 8 heteroatoms. The first kappa shape index (κ1) is 16.4. The zero-order valence-electron chi connectivity index (χ0n) is 13.2. The summed E-state index contributed by atoms with van der Waals surface area (Å²) >= 11 is 5.20. The Kier molecular flexibility index (Phi) is 4.77. The van der Waals surface area contributed by atoms with E-state index in [2.05, 4.69) is 10.1 Å². The second-order valence-corrected chi connectivity index (χ2v) is 5.87. The first-order chi connectivity index (χ1) is 11.6. The lowest BCUT2D eigenvalue weighted by atomic mass is 10.2. The highest BCUT2D eigenvalue weighted by Gasteiger charge is 2.14. The van der Waals surface area contributed by atoms with Gasteiger partial charge in [-0.05, 0) is 36.8 Å². The first-order valence-electron chi connectivity index (χ1n) is 7.58. The Labute approximate surface area is 143 Å². The maximum atomic E-state index is 12.2. The van der Waals surface area contributed by atoms with Crippen LogP contribution in [0.1, 0.15) is 11.1 Å². The van der Waals surface area contributed by atoms with Crippen molar-refractivity contribution in [1.82, 2.24) is 14.6 Å². The van der Waals surface area contributed by atoms with Crippen molar-refractivity contribution in [2.24, 2.45) is 5.10 Å². The van der Waals surface area contributed by atoms with E-state index >= 15 is 0 Å². The summed E-state index contributed by atoms with van der Waals surface area (Å²) in [6.07, 6.45) is 1.36. The van der Waals surface area contributed by atoms with Gasteiger partial charge in [0.2, 0.25) is 5.88 Å². The van der Waals surface area contributed by atoms with Gasteiger partial charge in [0.15, 0.2) is 4.77 Å². The van der Waals surface area contributed by atoms with Gasteiger partial charge < -0.3 is 9.84 Å². The third-order valence-electron chi connectivity index (χ3n) is 3.72. The second-order valence-electron chi connectivity index (χ2n) is 5.48. The minimum Gasteiger partial charge on any atom is -0.494 e. The normalized spacial score (nSPS) is 15.1. The van der Waals surface area contributed by atoms with Crippen LogP contribution >= 0.6 is 12.2 Å². The molecule has 1 aliphatic heterocycles. The third-order valence-corrected chi connectivity index (χ3v) is 4.00. The highest BCUT2D eigenvalue weighted by atomic mass is 32.1. The molecule has 0 aliphatic carbocycles. The topological polar surface area (TPSA) is 82.8 Å². The summed E-state index contributed by atoms with van der Waals surface area (Å²) in [5.41, 5.74) is 1.29. The summed E-state index contributed by atoms with van der Waals surface area (Å²) in [6.45, 7) is 4.41. The van der Waals surface area contributed by atoms with Crippen LogP contribution in [0.25, 0.3) is 5.69 Å². The zero-order chi connectivity index (χ0) is 17.1. The summed E-state index contributed by atoms with van der Waals surface area (Å²) in [6, 6.07) is 7.48. The summed E-state index contributed by atoms with van der Waals surface area (Å²) in [4.78, 5) is 14.7. The molecule has 126 valence electrons. The first-order valence-corrected chi connectivity index (χ1v) is 7.99. The molecule has 0 saturated carbocycles. The second kappa shape index (κ2) is 6.98. The van der Waals surface area contributed by atoms with E-state index in [4.69, 9.17) is 17.0 Å². The fourth-order valence-corrected chi connectivity index (χ4v) is 2.75. The number of hydrazone groups is 1. The molecular weight excluding hydrogens is 328 g/mol. The van der Waals surface area contributed by atoms with Crippen LogP contribution in [0.3, 0.4) is 0 Å². The van der Waals surface area contributed by atoms with Crippen molar-refractivity contribution in [2.75, 3.05) is 26.3 Å². The SMILES string of the molecule is Cc1cccc(-n2c(O)c(/C=N/N3CCOCC3)c(=O)[nH]c2=S)c1. The number of hydrogen-bond donors (Lipinski definition) is 2. The van der Waals surface area contributed by atoms with Crippen LogP contribution in [-0.4, -0.2) is 52.2 Å². The number of aryl methyl sites for hydroxylation is 1. The third kappa shape index (κ3) is 3.39. The van der Waals surface area contributed by atoms with Crippen molar-refractivity contribution in [3.63, 3.8) is 0 Å². The van der Waals surface area contributed by atoms with E-state index in [9.17, 15) is 9.90 Å². The monoisotopic (exact) mass is 346 g/mol. The smallest absolute Gasteiger partial charge is 0.264 e. The molecule has 0 radical (unpaired) electrons. The number of aromatic nitrogens is 2. The molecule has 2 N–H and O–H groups in total. The Bertz CT molecular complexity index is 882. The molecule has 1 saturated heterocycles. The van der Waals surface area contributed by atoms with Crippen LogP contribution in [0, 0.1) is 11.7 Å². The molecule has 0 unspecified atom stereocenters. The molecule has 0 bridgehead atoms. The summed E-state index contributed by atoms with van der Waals surface area (Å²) < 4.78 is 6.80. The molecule has 2 aromatic rings. The summed E-state index contributed by atoms with van der Waals surface area (Å²) in [5, 5.41) is 16.6. The van der Waals surface area contributed by atoms with Crippen molar-refractivity contribution < 1.29 is 9.84 Å². The molecule has 1 aromatic heterocycles. The molecule has 3 rings (SSSR count). The predicted octanol–water partition coefficient (Wildman–Crippen LogP) is 1.58. The van der Waals surface area contributed by atoms with Gasteiger partial charge in [0.05, 0.1) is 38.2 Å². The molecule has 1 aromatic carbocycles. The van der Waals surface area contributed by atoms with Gasteiger partial charge in [-0.3, -0.25) is 19.4 Å². The number of aromatic hydroxyl groups is 1. The highest BCUT2D eigenvalue weighted by molar-refractivity contribution is 7.71. The van der Waals surface area contributed by atoms with E-state index < -0.39 is 5.56 Å². The number of nitrogens with zero attached hydrogens (tertiary/aromatic N) is 3. The molecule has 2 heterocycles. The number of morpholine rings is 1. The molecule has 1 aliphatic rings. The summed E-state index contributed by atoms with van der Waals surface area (Å²) in [7, 11) is 0.